The topological polar surface area (TPSA) is 90.3 Å². The molecule has 7 nitrogen and oxygen atoms in total. The fraction of sp³-hybridized carbons (Fsp3) is 0.529. The molecule has 0 aliphatic heterocycles. The molecule has 1 N–H and O–H groups in total. The van der Waals surface area contributed by atoms with Crippen LogP contribution in [0, 0.1) is 13.8 Å². The second-order valence-corrected chi connectivity index (χ2v) is 8.26. The summed E-state index contributed by atoms with van der Waals surface area (Å²) in [5.41, 5.74) is 0.144. The van der Waals surface area contributed by atoms with E-state index in [1.54, 1.807) is 6.20 Å². The lowest BCUT2D eigenvalue weighted by atomic mass is 10.1. The lowest BCUT2D eigenvalue weighted by molar-refractivity contribution is -0.156. The highest BCUT2D eigenvalue weighted by molar-refractivity contribution is 7.19. The van der Waals surface area contributed by atoms with Gasteiger partial charge in [0.1, 0.15) is 6.54 Å². The summed E-state index contributed by atoms with van der Waals surface area (Å²) in [7, 11) is 0. The quantitative estimate of drug-likeness (QED) is 0.836. The number of amides is 1. The molecule has 0 saturated heterocycles. The van der Waals surface area contributed by atoms with Crippen LogP contribution in [0.4, 0.5) is 0 Å². The Balaban J connectivity index is 2.12. The van der Waals surface area contributed by atoms with Gasteiger partial charge in [-0.25, -0.2) is 4.68 Å². The molecule has 0 unspecified atom stereocenters. The van der Waals surface area contributed by atoms with Gasteiger partial charge in [0.25, 0.3) is 11.5 Å². The molecule has 25 heavy (non-hydrogen) atoms. The van der Waals surface area contributed by atoms with Gasteiger partial charge in [-0.05, 0) is 47.1 Å². The molecule has 0 aliphatic rings. The van der Waals surface area contributed by atoms with Crippen LogP contribution in [0.3, 0.4) is 0 Å². The number of nitrogens with zero attached hydrogens (tertiary/aromatic N) is 2. The van der Waals surface area contributed by atoms with Crippen molar-refractivity contribution >= 4 is 33.3 Å². The zero-order valence-electron chi connectivity index (χ0n) is 15.3. The molecule has 1 atom stereocenters. The van der Waals surface area contributed by atoms with Crippen molar-refractivity contribution in [3.05, 3.63) is 27.0 Å². The van der Waals surface area contributed by atoms with E-state index in [9.17, 15) is 14.4 Å². The molecule has 0 aromatic carbocycles. The zero-order chi connectivity index (χ0) is 18.9. The molecule has 0 aliphatic carbocycles. The minimum atomic E-state index is -0.948. The first kappa shape index (κ1) is 19.1. The Hall–Kier alpha value is -2.22. The minimum absolute atomic E-state index is 0.330. The van der Waals surface area contributed by atoms with Gasteiger partial charge in [0.15, 0.2) is 6.10 Å². The first-order valence-corrected chi connectivity index (χ1v) is 8.78. The van der Waals surface area contributed by atoms with E-state index in [0.29, 0.717) is 5.39 Å². The number of fused-ring (bicyclic) bond motifs is 1. The molecule has 0 bridgehead atoms. The number of esters is 1. The number of hydrogen-bond acceptors (Lipinski definition) is 6. The van der Waals surface area contributed by atoms with E-state index in [1.165, 1.54) is 18.3 Å². The molecular weight excluding hydrogens is 342 g/mol. The van der Waals surface area contributed by atoms with Crippen molar-refractivity contribution in [1.82, 2.24) is 15.1 Å². The molecule has 0 radical (unpaired) electrons. The molecule has 8 heteroatoms. The fourth-order valence-corrected chi connectivity index (χ4v) is 3.34. The summed E-state index contributed by atoms with van der Waals surface area (Å²) < 4.78 is 6.98. The molecule has 0 fully saturated rings. The highest BCUT2D eigenvalue weighted by Gasteiger charge is 2.23. The Morgan fingerprint density at radius 3 is 2.60 bits per heavy atom. The van der Waals surface area contributed by atoms with Crippen molar-refractivity contribution in [2.75, 3.05) is 0 Å². The monoisotopic (exact) mass is 365 g/mol. The Morgan fingerprint density at radius 1 is 1.36 bits per heavy atom. The largest absolute Gasteiger partial charge is 0.451 e. The standard InChI is InChI=1S/C17H23N3O4S/c1-9-11(3)25-12-7-18-20(16(23)14(9)12)8-13(21)24-10(2)15(22)19-17(4,5)6/h7,10H,8H2,1-6H3,(H,19,22)/t10-/m1/s1. The highest BCUT2D eigenvalue weighted by Crippen LogP contribution is 2.26. The maximum Gasteiger partial charge on any atom is 0.328 e. The van der Waals surface area contributed by atoms with Gasteiger partial charge >= 0.3 is 5.97 Å². The Labute approximate surface area is 150 Å². The van der Waals surface area contributed by atoms with Crippen LogP contribution in [0.15, 0.2) is 11.0 Å². The molecule has 0 saturated carbocycles. The lowest BCUT2D eigenvalue weighted by Crippen LogP contribution is -2.46. The lowest BCUT2D eigenvalue weighted by Gasteiger charge is -2.23. The molecule has 2 heterocycles. The molecular formula is C17H23N3O4S. The number of carbonyl (C=O) groups excluding carboxylic acids is 2. The summed E-state index contributed by atoms with van der Waals surface area (Å²) in [5.74, 6) is -1.07. The molecule has 136 valence electrons. The van der Waals surface area contributed by atoms with Gasteiger partial charge in [0.05, 0.1) is 16.3 Å². The van der Waals surface area contributed by atoms with Crippen LogP contribution in [-0.2, 0) is 20.9 Å². The van der Waals surface area contributed by atoms with Crippen molar-refractivity contribution < 1.29 is 14.3 Å². The third-order valence-electron chi connectivity index (χ3n) is 3.63. The van der Waals surface area contributed by atoms with Gasteiger partial charge in [-0.15, -0.1) is 11.3 Å². The van der Waals surface area contributed by atoms with Crippen molar-refractivity contribution in [3.63, 3.8) is 0 Å². The third-order valence-corrected chi connectivity index (χ3v) is 4.77. The maximum atomic E-state index is 12.5. The van der Waals surface area contributed by atoms with Crippen molar-refractivity contribution in [2.45, 2.75) is 59.7 Å². The smallest absolute Gasteiger partial charge is 0.328 e. The average Bonchev–Trinajstić information content (AvgIpc) is 2.76. The number of nitrogens with one attached hydrogen (secondary N) is 1. The van der Waals surface area contributed by atoms with E-state index < -0.39 is 17.6 Å². The molecule has 2 aromatic heterocycles. The Bertz CT molecular complexity index is 876. The number of aromatic nitrogens is 2. The van der Waals surface area contributed by atoms with Gasteiger partial charge in [-0.1, -0.05) is 0 Å². The zero-order valence-corrected chi connectivity index (χ0v) is 16.1. The fourth-order valence-electron chi connectivity index (χ4n) is 2.31. The summed E-state index contributed by atoms with van der Waals surface area (Å²) in [6, 6.07) is 0. The second-order valence-electron chi connectivity index (χ2n) is 7.00. The third kappa shape index (κ3) is 4.45. The average molecular weight is 365 g/mol. The number of ether oxygens (including phenoxy) is 1. The first-order valence-electron chi connectivity index (χ1n) is 7.97. The van der Waals surface area contributed by atoms with Crippen LogP contribution in [0.25, 0.3) is 10.1 Å². The van der Waals surface area contributed by atoms with E-state index >= 15 is 0 Å². The SMILES string of the molecule is Cc1sc2cnn(CC(=O)O[C@H](C)C(=O)NC(C)(C)C)c(=O)c2c1C. The van der Waals surface area contributed by atoms with Crippen molar-refractivity contribution in [3.8, 4) is 0 Å². The summed E-state index contributed by atoms with van der Waals surface area (Å²) >= 11 is 1.50. The molecule has 2 rings (SSSR count). The molecule has 2 aromatic rings. The molecule has 1 amide bonds. The van der Waals surface area contributed by atoms with Gasteiger partial charge in [-0.3, -0.25) is 14.4 Å². The van der Waals surface area contributed by atoms with Gasteiger partial charge in [0, 0.05) is 10.4 Å². The predicted molar refractivity (Wildman–Crippen MR) is 96.8 cm³/mol. The normalized spacial score (nSPS) is 12.9. The number of aryl methyl sites for hydroxylation is 2. The summed E-state index contributed by atoms with van der Waals surface area (Å²) in [6.07, 6.45) is 0.626. The molecule has 0 spiro atoms. The van der Waals surface area contributed by atoms with E-state index in [2.05, 4.69) is 10.4 Å². The number of hydrogen-bond donors (Lipinski definition) is 1. The van der Waals surface area contributed by atoms with Gasteiger partial charge in [-0.2, -0.15) is 5.10 Å². The number of rotatable bonds is 4. The van der Waals surface area contributed by atoms with Gasteiger partial charge < -0.3 is 10.1 Å². The summed E-state index contributed by atoms with van der Waals surface area (Å²) in [5, 5.41) is 7.33. The van der Waals surface area contributed by atoms with E-state index in [0.717, 1.165) is 19.8 Å². The highest BCUT2D eigenvalue weighted by atomic mass is 32.1. The summed E-state index contributed by atoms with van der Waals surface area (Å²) in [4.78, 5) is 37.6. The Morgan fingerprint density at radius 2 is 2.00 bits per heavy atom. The van der Waals surface area contributed by atoms with Gasteiger partial charge in [0.2, 0.25) is 0 Å². The van der Waals surface area contributed by atoms with Crippen molar-refractivity contribution in [1.29, 1.82) is 0 Å². The van der Waals surface area contributed by atoms with Crippen LogP contribution in [0.5, 0.6) is 0 Å². The van der Waals surface area contributed by atoms with Crippen LogP contribution in [0.1, 0.15) is 38.1 Å². The predicted octanol–water partition coefficient (Wildman–Crippen LogP) is 1.92. The van der Waals surface area contributed by atoms with Crippen LogP contribution in [0.2, 0.25) is 0 Å². The number of carbonyl (C=O) groups is 2. The van der Waals surface area contributed by atoms with Crippen LogP contribution < -0.4 is 10.9 Å². The second kappa shape index (κ2) is 6.95. The maximum absolute atomic E-state index is 12.5. The van der Waals surface area contributed by atoms with Crippen LogP contribution >= 0.6 is 11.3 Å². The van der Waals surface area contributed by atoms with Crippen LogP contribution in [-0.4, -0.2) is 33.3 Å². The van der Waals surface area contributed by atoms with E-state index in [4.69, 9.17) is 4.74 Å². The van der Waals surface area contributed by atoms with E-state index in [-0.39, 0.29) is 18.0 Å². The Kier molecular flexibility index (Phi) is 5.31. The number of thiophene rings is 1. The van der Waals surface area contributed by atoms with Crippen molar-refractivity contribution in [2.24, 2.45) is 0 Å². The van der Waals surface area contributed by atoms with E-state index in [1.807, 2.05) is 34.6 Å². The summed E-state index contributed by atoms with van der Waals surface area (Å²) in [6.45, 7) is 10.5. The minimum Gasteiger partial charge on any atom is -0.451 e. The first-order chi connectivity index (χ1) is 11.5.